The van der Waals surface area contributed by atoms with E-state index in [0.717, 1.165) is 107 Å². The predicted molar refractivity (Wildman–Crippen MR) is 484 cm³/mol. The summed E-state index contributed by atoms with van der Waals surface area (Å²) in [4.78, 5) is 4.76. The lowest BCUT2D eigenvalue weighted by Gasteiger charge is -2.26. The third-order valence-electron chi connectivity index (χ3n) is 23.7. The molecular weight excluding hydrogens is 1400 g/mol. The van der Waals surface area contributed by atoms with E-state index >= 15 is 0 Å². The normalized spacial score (nSPS) is 11.8. The lowest BCUT2D eigenvalue weighted by molar-refractivity contribution is 1.16. The number of rotatable bonds is 14. The highest BCUT2D eigenvalue weighted by molar-refractivity contribution is 6.14. The van der Waals surface area contributed by atoms with E-state index in [2.05, 4.69) is 463 Å². The van der Waals surface area contributed by atoms with E-state index in [1.54, 1.807) is 0 Å². The fraction of sp³-hybridized carbons (Fsp3) is 0. The molecule has 0 aliphatic carbocycles. The second-order valence-electron chi connectivity index (χ2n) is 30.0. The van der Waals surface area contributed by atoms with Crippen molar-refractivity contribution in [2.24, 2.45) is 0 Å². The average molecular weight is 1470 g/mol. The maximum atomic E-state index is 2.44. The molecule has 7 nitrogen and oxygen atoms in total. The van der Waals surface area contributed by atoms with Crippen molar-refractivity contribution in [3.05, 3.63) is 431 Å². The fourth-order valence-corrected chi connectivity index (χ4v) is 18.4. The highest BCUT2D eigenvalue weighted by Gasteiger charge is 2.23. The number of hydrogen-bond donors (Lipinski definition) is 0. The second-order valence-corrected chi connectivity index (χ2v) is 30.0. The van der Waals surface area contributed by atoms with Crippen LogP contribution in [0.4, 0.5) is 34.1 Å². The van der Waals surface area contributed by atoms with Crippen molar-refractivity contribution < 1.29 is 0 Å². The Hall–Kier alpha value is -15.4. The smallest absolute Gasteiger partial charge is 0.0547 e. The van der Waals surface area contributed by atoms with Gasteiger partial charge in [0.25, 0.3) is 0 Å². The van der Waals surface area contributed by atoms with Crippen LogP contribution in [0.5, 0.6) is 0 Å². The summed E-state index contributed by atoms with van der Waals surface area (Å²) in [5, 5.41) is 12.4. The number of benzene rings is 18. The fourth-order valence-electron chi connectivity index (χ4n) is 18.4. The molecule has 0 atom stereocenters. The molecule has 23 rings (SSSR count). The second kappa shape index (κ2) is 26.7. The monoisotopic (exact) mass is 1470 g/mol. The molecular formula is C108H71N7. The van der Waals surface area contributed by atoms with Gasteiger partial charge in [0.15, 0.2) is 0 Å². The first-order chi connectivity index (χ1) is 57.0. The molecule has 0 amide bonds. The number of anilines is 6. The van der Waals surface area contributed by atoms with Gasteiger partial charge in [0.2, 0.25) is 0 Å². The largest absolute Gasteiger partial charge is 0.311 e. The summed E-state index contributed by atoms with van der Waals surface area (Å²) < 4.78 is 12.0. The summed E-state index contributed by atoms with van der Waals surface area (Å²) in [6.45, 7) is 0. The van der Waals surface area contributed by atoms with Crippen LogP contribution in [0.1, 0.15) is 0 Å². The van der Waals surface area contributed by atoms with Crippen molar-refractivity contribution in [1.82, 2.24) is 22.8 Å². The van der Waals surface area contributed by atoms with Gasteiger partial charge in [0.1, 0.15) is 0 Å². The molecule has 0 fully saturated rings. The van der Waals surface area contributed by atoms with Gasteiger partial charge in [-0.25, -0.2) is 0 Å². The first-order valence-corrected chi connectivity index (χ1v) is 39.5. The van der Waals surface area contributed by atoms with E-state index in [1.807, 2.05) is 0 Å². The van der Waals surface area contributed by atoms with Gasteiger partial charge in [-0.05, 0) is 228 Å². The van der Waals surface area contributed by atoms with Crippen LogP contribution >= 0.6 is 0 Å². The van der Waals surface area contributed by atoms with Gasteiger partial charge in [-0.3, -0.25) is 0 Å². The molecule has 5 aromatic heterocycles. The van der Waals surface area contributed by atoms with Gasteiger partial charge >= 0.3 is 0 Å². The predicted octanol–water partition coefficient (Wildman–Crippen LogP) is 29.1. The first kappa shape index (κ1) is 65.4. The van der Waals surface area contributed by atoms with E-state index in [4.69, 9.17) is 0 Å². The SMILES string of the molecule is c1ccc2c(c1)c1ccccc1n2-c1ccc(-c2ccc(N(c3ccc(-c4ccc(-n5c6ccccc6c6ccccc65)cc4)cc3)c3ccc(-c4ccc5c6ccccc6n(-c6ccc(N(c7ccc(-n8c9ccccc9c9ccccc98)cc7)c7ccc(-n8c9ccccc9c9ccccc98)cc7)cc6)c5c4)cc3)cc2)cc1. The minimum absolute atomic E-state index is 1.05. The van der Waals surface area contributed by atoms with Crippen molar-refractivity contribution in [1.29, 1.82) is 0 Å². The highest BCUT2D eigenvalue weighted by atomic mass is 15.2. The zero-order valence-electron chi connectivity index (χ0n) is 62.6. The van der Waals surface area contributed by atoms with Gasteiger partial charge in [0, 0.05) is 116 Å². The van der Waals surface area contributed by atoms with Crippen molar-refractivity contribution in [3.63, 3.8) is 0 Å². The lowest BCUT2D eigenvalue weighted by atomic mass is 10.0. The topological polar surface area (TPSA) is 31.1 Å². The van der Waals surface area contributed by atoms with E-state index in [0.29, 0.717) is 0 Å². The average Bonchev–Trinajstić information content (AvgIpc) is 1.62. The Balaban J connectivity index is 0.589. The van der Waals surface area contributed by atoms with Crippen LogP contribution in [0, 0.1) is 0 Å². The minimum atomic E-state index is 1.05. The maximum absolute atomic E-state index is 2.44. The van der Waals surface area contributed by atoms with Gasteiger partial charge in [-0.15, -0.1) is 0 Å². The van der Waals surface area contributed by atoms with Crippen LogP contribution in [0.2, 0.25) is 0 Å². The summed E-state index contributed by atoms with van der Waals surface area (Å²) in [6.07, 6.45) is 0. The number of aromatic nitrogens is 5. The summed E-state index contributed by atoms with van der Waals surface area (Å²) in [7, 11) is 0. The van der Waals surface area contributed by atoms with Crippen molar-refractivity contribution in [2.45, 2.75) is 0 Å². The molecule has 7 heteroatoms. The summed E-state index contributed by atoms with van der Waals surface area (Å²) in [5.41, 5.74) is 30.6. The molecule has 538 valence electrons. The van der Waals surface area contributed by atoms with Gasteiger partial charge in [-0.1, -0.05) is 237 Å². The third kappa shape index (κ3) is 10.7. The molecule has 5 heterocycles. The molecule has 0 unspecified atom stereocenters. The number of nitrogens with zero attached hydrogens (tertiary/aromatic N) is 7. The van der Waals surface area contributed by atoms with Crippen LogP contribution in [0.15, 0.2) is 431 Å². The van der Waals surface area contributed by atoms with Gasteiger partial charge in [0.05, 0.1) is 55.2 Å². The molecule has 0 bridgehead atoms. The molecule has 115 heavy (non-hydrogen) atoms. The molecule has 0 N–H and O–H groups in total. The molecule has 0 spiro atoms. The Bertz CT molecular complexity index is 7140. The van der Waals surface area contributed by atoms with E-state index in [9.17, 15) is 0 Å². The molecule has 0 aliphatic heterocycles. The van der Waals surface area contributed by atoms with Gasteiger partial charge in [-0.2, -0.15) is 0 Å². The molecule has 0 aliphatic rings. The summed E-state index contributed by atoms with van der Waals surface area (Å²) in [6, 6.07) is 158. The molecule has 0 saturated heterocycles. The van der Waals surface area contributed by atoms with Crippen molar-refractivity contribution in [3.8, 4) is 61.8 Å². The van der Waals surface area contributed by atoms with Crippen LogP contribution < -0.4 is 9.80 Å². The number of hydrogen-bond acceptors (Lipinski definition) is 2. The zero-order valence-corrected chi connectivity index (χ0v) is 62.6. The number of fused-ring (bicyclic) bond motifs is 15. The molecule has 23 aromatic rings. The Morgan fingerprint density at radius 1 is 0.122 bits per heavy atom. The standard InChI is InChI=1S/C108H71N7/c1-10-28-99-89(19-1)90-20-2-11-29-100(90)111(99)84-54-41-74(42-55-84)72-37-48-78(49-38-72)109(79-50-39-73(40-51-79)75-43-56-85(57-44-75)112-101-30-12-3-21-91(101)92-22-4-13-31-102(92)112)80-52-45-76(46-53-80)77-47-70-98-97-27-9-18-36-107(97)115(108(98)71-77)88-68-62-83(63-69-88)110(81-58-64-86(65-59-81)113-103-32-14-5-23-93(103)94-24-6-15-33-104(94)113)82-60-66-87(67-61-82)114-105-34-16-7-25-95(105)96-26-8-17-35-106(96)114/h1-71H. The molecule has 0 saturated carbocycles. The Morgan fingerprint density at radius 2 is 0.270 bits per heavy atom. The highest BCUT2D eigenvalue weighted by Crippen LogP contribution is 2.45. The van der Waals surface area contributed by atoms with Crippen LogP contribution in [-0.4, -0.2) is 22.8 Å². The van der Waals surface area contributed by atoms with Crippen molar-refractivity contribution >= 4 is 143 Å². The van der Waals surface area contributed by atoms with E-state index < -0.39 is 0 Å². The molecule has 18 aromatic carbocycles. The summed E-state index contributed by atoms with van der Waals surface area (Å²) >= 11 is 0. The summed E-state index contributed by atoms with van der Waals surface area (Å²) in [5.74, 6) is 0. The lowest BCUT2D eigenvalue weighted by Crippen LogP contribution is -2.10. The molecule has 0 radical (unpaired) electrons. The Morgan fingerprint density at radius 3 is 0.487 bits per heavy atom. The van der Waals surface area contributed by atoms with Gasteiger partial charge < -0.3 is 32.6 Å². The Kier molecular flexibility index (Phi) is 15.2. The van der Waals surface area contributed by atoms with Crippen LogP contribution in [0.3, 0.4) is 0 Å². The van der Waals surface area contributed by atoms with Crippen molar-refractivity contribution in [2.75, 3.05) is 9.80 Å². The third-order valence-corrected chi connectivity index (χ3v) is 23.7. The van der Waals surface area contributed by atoms with Crippen LogP contribution in [0.25, 0.3) is 171 Å². The Labute approximate surface area is 664 Å². The number of para-hydroxylation sites is 9. The zero-order chi connectivity index (χ0) is 75.6. The quantitative estimate of drug-likeness (QED) is 0.109. The van der Waals surface area contributed by atoms with Crippen LogP contribution in [-0.2, 0) is 0 Å². The minimum Gasteiger partial charge on any atom is -0.311 e. The van der Waals surface area contributed by atoms with E-state index in [-0.39, 0.29) is 0 Å². The maximum Gasteiger partial charge on any atom is 0.0547 e. The van der Waals surface area contributed by atoms with E-state index in [1.165, 1.54) is 98.0 Å². The first-order valence-electron chi connectivity index (χ1n) is 39.5.